The van der Waals surface area contributed by atoms with Crippen molar-refractivity contribution in [3.05, 3.63) is 28.2 Å². The van der Waals surface area contributed by atoms with E-state index in [-0.39, 0.29) is 6.04 Å². The van der Waals surface area contributed by atoms with Crippen molar-refractivity contribution < 1.29 is 4.74 Å². The Kier molecular flexibility index (Phi) is 5.80. The molecule has 0 aliphatic rings. The van der Waals surface area contributed by atoms with Crippen LogP contribution in [0.1, 0.15) is 37.8 Å². The lowest BCUT2D eigenvalue weighted by Gasteiger charge is -2.17. The number of nitrogens with two attached hydrogens (primary N) is 1. The molecule has 0 spiro atoms. The Bertz CT molecular complexity index is 331. The van der Waals surface area contributed by atoms with Crippen LogP contribution < -0.4 is 16.0 Å². The zero-order valence-corrected chi connectivity index (χ0v) is 11.4. The first-order valence-electron chi connectivity index (χ1n) is 5.52. The summed E-state index contributed by atoms with van der Waals surface area (Å²) in [6, 6.07) is 6.26. The van der Waals surface area contributed by atoms with Gasteiger partial charge in [0.05, 0.1) is 11.6 Å². The summed E-state index contributed by atoms with van der Waals surface area (Å²) in [6.07, 6.45) is 3.39. The molecule has 16 heavy (non-hydrogen) atoms. The molecule has 0 saturated heterocycles. The smallest absolute Gasteiger partial charge is 0.133 e. The van der Waals surface area contributed by atoms with Crippen LogP contribution in [0.25, 0.3) is 0 Å². The van der Waals surface area contributed by atoms with Gasteiger partial charge in [0.15, 0.2) is 0 Å². The predicted molar refractivity (Wildman–Crippen MR) is 70.3 cm³/mol. The molecule has 0 bridgehead atoms. The minimum atomic E-state index is 0.210. The summed E-state index contributed by atoms with van der Waals surface area (Å²) in [5.41, 5.74) is 4.04. The summed E-state index contributed by atoms with van der Waals surface area (Å²) in [5, 5.41) is 0. The van der Waals surface area contributed by atoms with Gasteiger partial charge in [0.1, 0.15) is 5.75 Å². The van der Waals surface area contributed by atoms with Crippen LogP contribution >= 0.6 is 15.9 Å². The normalized spacial score (nSPS) is 12.5. The highest BCUT2D eigenvalue weighted by Crippen LogP contribution is 2.29. The van der Waals surface area contributed by atoms with Crippen molar-refractivity contribution in [3.8, 4) is 5.75 Å². The first-order valence-corrected chi connectivity index (χ1v) is 6.31. The third kappa shape index (κ3) is 3.47. The maximum atomic E-state index is 5.57. The maximum absolute atomic E-state index is 5.57. The predicted octanol–water partition coefficient (Wildman–Crippen LogP) is 3.15. The highest BCUT2D eigenvalue weighted by molar-refractivity contribution is 9.10. The minimum Gasteiger partial charge on any atom is -0.496 e. The van der Waals surface area contributed by atoms with Crippen molar-refractivity contribution in [1.82, 2.24) is 5.43 Å². The summed E-state index contributed by atoms with van der Waals surface area (Å²) >= 11 is 3.48. The SMILES string of the molecule is CCCCC(NN)c1ccc(OC)c(Br)c1. The second-order valence-corrected chi connectivity index (χ2v) is 4.61. The molecular weight excluding hydrogens is 268 g/mol. The van der Waals surface area contributed by atoms with Gasteiger partial charge in [0.25, 0.3) is 0 Å². The maximum Gasteiger partial charge on any atom is 0.133 e. The average Bonchev–Trinajstić information content (AvgIpc) is 2.30. The molecule has 1 aromatic rings. The van der Waals surface area contributed by atoms with Gasteiger partial charge in [-0.3, -0.25) is 11.3 Å². The van der Waals surface area contributed by atoms with Crippen LogP contribution in [0.3, 0.4) is 0 Å². The van der Waals surface area contributed by atoms with Gasteiger partial charge in [-0.15, -0.1) is 0 Å². The Morgan fingerprint density at radius 3 is 2.75 bits per heavy atom. The number of ether oxygens (including phenoxy) is 1. The van der Waals surface area contributed by atoms with Crippen LogP contribution in [-0.2, 0) is 0 Å². The molecular formula is C12H19BrN2O. The summed E-state index contributed by atoms with van der Waals surface area (Å²) in [4.78, 5) is 0. The van der Waals surface area contributed by atoms with Gasteiger partial charge in [0.2, 0.25) is 0 Å². The van der Waals surface area contributed by atoms with Crippen LogP contribution in [-0.4, -0.2) is 7.11 Å². The largest absolute Gasteiger partial charge is 0.496 e. The molecule has 4 heteroatoms. The number of hydrogen-bond donors (Lipinski definition) is 2. The van der Waals surface area contributed by atoms with Gasteiger partial charge in [-0.1, -0.05) is 25.8 Å². The summed E-state index contributed by atoms with van der Waals surface area (Å²) in [6.45, 7) is 2.18. The quantitative estimate of drug-likeness (QED) is 0.624. The molecule has 1 aromatic carbocycles. The second kappa shape index (κ2) is 6.89. The Morgan fingerprint density at radius 2 is 2.25 bits per heavy atom. The van der Waals surface area contributed by atoms with E-state index in [1.807, 2.05) is 12.1 Å². The molecule has 1 unspecified atom stereocenters. The van der Waals surface area contributed by atoms with E-state index >= 15 is 0 Å². The third-order valence-corrected chi connectivity index (χ3v) is 3.25. The molecule has 1 rings (SSSR count). The Morgan fingerprint density at radius 1 is 1.50 bits per heavy atom. The lowest BCUT2D eigenvalue weighted by Crippen LogP contribution is -2.27. The molecule has 0 saturated carbocycles. The summed E-state index contributed by atoms with van der Waals surface area (Å²) in [5.74, 6) is 6.41. The van der Waals surface area contributed by atoms with Crippen LogP contribution in [0.2, 0.25) is 0 Å². The summed E-state index contributed by atoms with van der Waals surface area (Å²) in [7, 11) is 1.66. The molecule has 0 aliphatic heterocycles. The van der Waals surface area contributed by atoms with Gasteiger partial charge >= 0.3 is 0 Å². The fraction of sp³-hybridized carbons (Fsp3) is 0.500. The molecule has 3 N–H and O–H groups in total. The molecule has 0 radical (unpaired) electrons. The van der Waals surface area contributed by atoms with E-state index < -0.39 is 0 Å². The number of hydrogen-bond acceptors (Lipinski definition) is 3. The van der Waals surface area contributed by atoms with Gasteiger partial charge in [-0.25, -0.2) is 0 Å². The number of hydrazine groups is 1. The molecule has 0 aliphatic carbocycles. The van der Waals surface area contributed by atoms with Crippen LogP contribution in [0, 0.1) is 0 Å². The zero-order chi connectivity index (χ0) is 12.0. The van der Waals surface area contributed by atoms with Crippen molar-refractivity contribution in [2.24, 2.45) is 5.84 Å². The minimum absolute atomic E-state index is 0.210. The number of rotatable bonds is 6. The first kappa shape index (κ1) is 13.5. The van der Waals surface area contributed by atoms with Crippen molar-refractivity contribution in [2.75, 3.05) is 7.11 Å². The van der Waals surface area contributed by atoms with Gasteiger partial charge in [0, 0.05) is 6.04 Å². The topological polar surface area (TPSA) is 47.3 Å². The average molecular weight is 287 g/mol. The number of methoxy groups -OCH3 is 1. The van der Waals surface area contributed by atoms with E-state index in [9.17, 15) is 0 Å². The van der Waals surface area contributed by atoms with E-state index in [2.05, 4.69) is 34.3 Å². The van der Waals surface area contributed by atoms with E-state index in [1.54, 1.807) is 7.11 Å². The van der Waals surface area contributed by atoms with E-state index in [0.29, 0.717) is 0 Å². The van der Waals surface area contributed by atoms with Crippen molar-refractivity contribution in [2.45, 2.75) is 32.2 Å². The molecule has 90 valence electrons. The van der Waals surface area contributed by atoms with Gasteiger partial charge in [-0.2, -0.15) is 0 Å². The number of halogens is 1. The lowest BCUT2D eigenvalue weighted by atomic mass is 10.0. The lowest BCUT2D eigenvalue weighted by molar-refractivity contribution is 0.411. The van der Waals surface area contributed by atoms with Gasteiger partial charge in [-0.05, 0) is 40.0 Å². The number of unbranched alkanes of at least 4 members (excludes halogenated alkanes) is 1. The number of benzene rings is 1. The van der Waals surface area contributed by atoms with E-state index in [0.717, 1.165) is 16.6 Å². The van der Waals surface area contributed by atoms with E-state index in [4.69, 9.17) is 10.6 Å². The molecule has 0 aromatic heterocycles. The van der Waals surface area contributed by atoms with Crippen LogP contribution in [0.4, 0.5) is 0 Å². The standard InChI is InChI=1S/C12H19BrN2O/c1-3-4-5-11(15-14)9-6-7-12(16-2)10(13)8-9/h6-8,11,15H,3-5,14H2,1-2H3. The molecule has 0 heterocycles. The highest BCUT2D eigenvalue weighted by atomic mass is 79.9. The Hall–Kier alpha value is -0.580. The van der Waals surface area contributed by atoms with Crippen LogP contribution in [0.5, 0.6) is 5.75 Å². The van der Waals surface area contributed by atoms with Gasteiger partial charge < -0.3 is 4.74 Å². The summed E-state index contributed by atoms with van der Waals surface area (Å²) < 4.78 is 6.16. The molecule has 0 fully saturated rings. The fourth-order valence-corrected chi connectivity index (χ4v) is 2.21. The van der Waals surface area contributed by atoms with Crippen molar-refractivity contribution in [1.29, 1.82) is 0 Å². The van der Waals surface area contributed by atoms with E-state index in [1.165, 1.54) is 18.4 Å². The van der Waals surface area contributed by atoms with Crippen molar-refractivity contribution in [3.63, 3.8) is 0 Å². The molecule has 0 amide bonds. The molecule has 1 atom stereocenters. The fourth-order valence-electron chi connectivity index (χ4n) is 1.65. The number of nitrogens with one attached hydrogen (secondary N) is 1. The Balaban J connectivity index is 2.80. The second-order valence-electron chi connectivity index (χ2n) is 3.76. The monoisotopic (exact) mass is 286 g/mol. The van der Waals surface area contributed by atoms with Crippen LogP contribution in [0.15, 0.2) is 22.7 Å². The first-order chi connectivity index (χ1) is 7.72. The highest BCUT2D eigenvalue weighted by Gasteiger charge is 2.10. The van der Waals surface area contributed by atoms with Crippen molar-refractivity contribution >= 4 is 15.9 Å². The third-order valence-electron chi connectivity index (χ3n) is 2.63. The zero-order valence-electron chi connectivity index (χ0n) is 9.79. The Labute approximate surface area is 105 Å². The molecule has 3 nitrogen and oxygen atoms in total.